The van der Waals surface area contributed by atoms with E-state index in [0.717, 1.165) is 4.43 Å². The normalized spacial score (nSPS) is 12.6. The second kappa shape index (κ2) is 6.69. The second-order valence-electron chi connectivity index (χ2n) is 5.41. The molecular weight excluding hydrogens is 389 g/mol. The van der Waals surface area contributed by atoms with Crippen molar-refractivity contribution in [3.05, 3.63) is 59.7 Å². The van der Waals surface area contributed by atoms with Crippen LogP contribution in [0.2, 0.25) is 0 Å². The summed E-state index contributed by atoms with van der Waals surface area (Å²) in [6.45, 7) is 1.09. The summed E-state index contributed by atoms with van der Waals surface area (Å²) in [4.78, 5) is 13.6. The Balaban J connectivity index is 1.81. The van der Waals surface area contributed by atoms with Crippen molar-refractivity contribution in [3.63, 3.8) is 0 Å². The molecule has 0 radical (unpaired) electrons. The summed E-state index contributed by atoms with van der Waals surface area (Å²) < 4.78 is 6.44. The minimum absolute atomic E-state index is 0.129. The molecule has 2 aromatic carbocycles. The SMILES string of the molecule is CN(CCI)C(=O)OCC1c2ccccc2-c2ccccc21. The van der Waals surface area contributed by atoms with Crippen LogP contribution in [0.4, 0.5) is 4.79 Å². The number of rotatable bonds is 4. The van der Waals surface area contributed by atoms with Crippen LogP contribution in [0.15, 0.2) is 48.5 Å². The van der Waals surface area contributed by atoms with Gasteiger partial charge in [0.2, 0.25) is 0 Å². The highest BCUT2D eigenvalue weighted by Crippen LogP contribution is 2.44. The summed E-state index contributed by atoms with van der Waals surface area (Å²) >= 11 is 2.25. The average Bonchev–Trinajstić information content (AvgIpc) is 2.87. The van der Waals surface area contributed by atoms with Crippen molar-refractivity contribution in [1.29, 1.82) is 0 Å². The van der Waals surface area contributed by atoms with E-state index in [9.17, 15) is 4.79 Å². The average molecular weight is 407 g/mol. The standard InChI is InChI=1S/C18H18INO2/c1-20(11-10-19)18(21)22-12-17-15-8-4-2-6-13(15)14-7-3-5-9-16(14)17/h2-9,17H,10-12H2,1H3. The van der Waals surface area contributed by atoms with Crippen LogP contribution in [0.1, 0.15) is 17.0 Å². The van der Waals surface area contributed by atoms with Crippen LogP contribution in [-0.2, 0) is 4.74 Å². The van der Waals surface area contributed by atoms with Crippen LogP contribution >= 0.6 is 22.6 Å². The van der Waals surface area contributed by atoms with Crippen molar-refractivity contribution in [2.24, 2.45) is 0 Å². The summed E-state index contributed by atoms with van der Waals surface area (Å²) in [5, 5.41) is 0. The number of halogens is 1. The van der Waals surface area contributed by atoms with Crippen molar-refractivity contribution in [1.82, 2.24) is 4.90 Å². The highest BCUT2D eigenvalue weighted by atomic mass is 127. The predicted molar refractivity (Wildman–Crippen MR) is 96.6 cm³/mol. The van der Waals surface area contributed by atoms with Crippen LogP contribution in [0.25, 0.3) is 11.1 Å². The summed E-state index contributed by atoms with van der Waals surface area (Å²) in [5.41, 5.74) is 4.99. The minimum Gasteiger partial charge on any atom is -0.448 e. The molecule has 4 heteroatoms. The molecule has 0 heterocycles. The number of hydrogen-bond acceptors (Lipinski definition) is 2. The molecule has 1 aliphatic rings. The number of hydrogen-bond donors (Lipinski definition) is 0. The summed E-state index contributed by atoms with van der Waals surface area (Å²) in [6.07, 6.45) is -0.251. The Hall–Kier alpha value is -1.56. The molecule has 0 saturated heterocycles. The second-order valence-corrected chi connectivity index (χ2v) is 6.49. The number of nitrogens with zero attached hydrogens (tertiary/aromatic N) is 1. The molecule has 22 heavy (non-hydrogen) atoms. The molecule has 0 N–H and O–H groups in total. The first-order valence-corrected chi connectivity index (χ1v) is 8.87. The number of benzene rings is 2. The molecule has 3 nitrogen and oxygen atoms in total. The summed E-state index contributed by atoms with van der Waals surface area (Å²) in [5.74, 6) is 0.129. The Kier molecular flexibility index (Phi) is 4.66. The quantitative estimate of drug-likeness (QED) is 0.559. The molecule has 0 bridgehead atoms. The fraction of sp³-hybridized carbons (Fsp3) is 0.278. The van der Waals surface area contributed by atoms with E-state index >= 15 is 0 Å². The Morgan fingerprint density at radius 1 is 1.09 bits per heavy atom. The molecule has 2 aromatic rings. The minimum atomic E-state index is -0.251. The third-order valence-corrected chi connectivity index (χ3v) is 4.55. The molecule has 1 aliphatic carbocycles. The maximum atomic E-state index is 12.0. The van der Waals surface area contributed by atoms with E-state index < -0.39 is 0 Å². The lowest BCUT2D eigenvalue weighted by Gasteiger charge is -2.19. The van der Waals surface area contributed by atoms with Crippen molar-refractivity contribution in [3.8, 4) is 11.1 Å². The molecule has 114 valence electrons. The Labute approximate surface area is 144 Å². The lowest BCUT2D eigenvalue weighted by Crippen LogP contribution is -2.30. The highest BCUT2D eigenvalue weighted by molar-refractivity contribution is 14.1. The van der Waals surface area contributed by atoms with E-state index in [4.69, 9.17) is 4.74 Å². The van der Waals surface area contributed by atoms with E-state index in [2.05, 4.69) is 59.0 Å². The molecule has 0 saturated carbocycles. The van der Waals surface area contributed by atoms with Crippen molar-refractivity contribution >= 4 is 28.7 Å². The van der Waals surface area contributed by atoms with Gasteiger partial charge in [0, 0.05) is 23.9 Å². The van der Waals surface area contributed by atoms with Crippen LogP contribution in [0.3, 0.4) is 0 Å². The Morgan fingerprint density at radius 2 is 1.64 bits per heavy atom. The molecule has 3 rings (SSSR count). The molecule has 0 fully saturated rings. The molecule has 0 aliphatic heterocycles. The molecule has 1 amide bonds. The third-order valence-electron chi connectivity index (χ3n) is 4.07. The van der Waals surface area contributed by atoms with Gasteiger partial charge in [-0.1, -0.05) is 71.1 Å². The molecular formula is C18H18INO2. The zero-order chi connectivity index (χ0) is 15.5. The number of carbonyl (C=O) groups excluding carboxylic acids is 1. The Morgan fingerprint density at radius 3 is 2.18 bits per heavy atom. The van der Waals surface area contributed by atoms with Gasteiger partial charge in [-0.05, 0) is 22.3 Å². The molecule has 0 unspecified atom stereocenters. The topological polar surface area (TPSA) is 29.5 Å². The van der Waals surface area contributed by atoms with Crippen molar-refractivity contribution < 1.29 is 9.53 Å². The van der Waals surface area contributed by atoms with Crippen molar-refractivity contribution in [2.45, 2.75) is 5.92 Å². The van der Waals surface area contributed by atoms with Crippen LogP contribution in [0, 0.1) is 0 Å². The number of ether oxygens (including phenoxy) is 1. The van der Waals surface area contributed by atoms with Gasteiger partial charge in [0.1, 0.15) is 6.61 Å². The smallest absolute Gasteiger partial charge is 0.409 e. The van der Waals surface area contributed by atoms with Crippen molar-refractivity contribution in [2.75, 3.05) is 24.6 Å². The summed E-state index contributed by atoms with van der Waals surface area (Å²) in [7, 11) is 1.78. The third kappa shape index (κ3) is 2.84. The molecule has 0 atom stereocenters. The molecule has 0 aromatic heterocycles. The van der Waals surface area contributed by atoms with Gasteiger partial charge in [0.25, 0.3) is 0 Å². The lowest BCUT2D eigenvalue weighted by atomic mass is 9.98. The zero-order valence-electron chi connectivity index (χ0n) is 12.5. The zero-order valence-corrected chi connectivity index (χ0v) is 14.6. The van der Waals surface area contributed by atoms with E-state index in [1.54, 1.807) is 11.9 Å². The maximum Gasteiger partial charge on any atom is 0.409 e. The van der Waals surface area contributed by atoms with E-state index in [1.165, 1.54) is 22.3 Å². The maximum absolute atomic E-state index is 12.0. The van der Waals surface area contributed by atoms with Crippen LogP contribution in [-0.4, -0.2) is 35.6 Å². The van der Waals surface area contributed by atoms with Gasteiger partial charge >= 0.3 is 6.09 Å². The van der Waals surface area contributed by atoms with Gasteiger partial charge in [-0.15, -0.1) is 0 Å². The van der Waals surface area contributed by atoms with Gasteiger partial charge in [-0.25, -0.2) is 4.79 Å². The summed E-state index contributed by atoms with van der Waals surface area (Å²) in [6, 6.07) is 16.7. The lowest BCUT2D eigenvalue weighted by molar-refractivity contribution is 0.110. The number of carbonyl (C=O) groups is 1. The first-order chi connectivity index (χ1) is 10.7. The van der Waals surface area contributed by atoms with Gasteiger partial charge in [-0.2, -0.15) is 0 Å². The fourth-order valence-electron chi connectivity index (χ4n) is 2.92. The fourth-order valence-corrected chi connectivity index (χ4v) is 3.65. The molecule has 0 spiro atoms. The Bertz CT molecular complexity index is 641. The first kappa shape index (κ1) is 15.3. The van der Waals surface area contributed by atoms with Gasteiger partial charge in [0.15, 0.2) is 0 Å². The predicted octanol–water partition coefficient (Wildman–Crippen LogP) is 4.30. The number of amides is 1. The van der Waals surface area contributed by atoms with Gasteiger partial charge in [-0.3, -0.25) is 0 Å². The van der Waals surface area contributed by atoms with E-state index in [1.807, 2.05) is 12.1 Å². The van der Waals surface area contributed by atoms with Crippen LogP contribution < -0.4 is 0 Å². The monoisotopic (exact) mass is 407 g/mol. The number of fused-ring (bicyclic) bond motifs is 3. The largest absolute Gasteiger partial charge is 0.448 e. The van der Waals surface area contributed by atoms with E-state index in [0.29, 0.717) is 13.2 Å². The highest BCUT2D eigenvalue weighted by Gasteiger charge is 2.29. The van der Waals surface area contributed by atoms with Crippen LogP contribution in [0.5, 0.6) is 0 Å². The van der Waals surface area contributed by atoms with Gasteiger partial charge < -0.3 is 9.64 Å². The van der Waals surface area contributed by atoms with Gasteiger partial charge in [0.05, 0.1) is 0 Å². The first-order valence-electron chi connectivity index (χ1n) is 7.34. The number of alkyl halides is 1. The van der Waals surface area contributed by atoms with E-state index in [-0.39, 0.29) is 12.0 Å².